The molecular formula is C20H32N4O. The number of para-hydroxylation sites is 1. The van der Waals surface area contributed by atoms with Crippen LogP contribution in [0.1, 0.15) is 31.7 Å². The van der Waals surface area contributed by atoms with Crippen molar-refractivity contribution < 1.29 is 4.74 Å². The quantitative estimate of drug-likeness (QED) is 0.410. The van der Waals surface area contributed by atoms with E-state index in [2.05, 4.69) is 51.7 Å². The van der Waals surface area contributed by atoms with Crippen molar-refractivity contribution >= 4 is 11.6 Å². The van der Waals surface area contributed by atoms with Crippen LogP contribution < -0.4 is 15.5 Å². The van der Waals surface area contributed by atoms with Crippen LogP contribution in [0.15, 0.2) is 29.3 Å². The Bertz CT molecular complexity index is 571. The monoisotopic (exact) mass is 344 g/mol. The fourth-order valence-electron chi connectivity index (χ4n) is 3.31. The molecule has 0 aromatic heterocycles. The Morgan fingerprint density at radius 3 is 2.96 bits per heavy atom. The molecule has 1 heterocycles. The molecule has 0 spiro atoms. The van der Waals surface area contributed by atoms with Gasteiger partial charge < -0.3 is 20.3 Å². The van der Waals surface area contributed by atoms with E-state index < -0.39 is 0 Å². The zero-order chi connectivity index (χ0) is 17.5. The zero-order valence-electron chi connectivity index (χ0n) is 15.6. The van der Waals surface area contributed by atoms with Crippen molar-refractivity contribution in [1.29, 1.82) is 0 Å². The summed E-state index contributed by atoms with van der Waals surface area (Å²) in [7, 11) is 1.83. The number of hydrogen-bond donors (Lipinski definition) is 2. The molecule has 1 aliphatic carbocycles. The van der Waals surface area contributed by atoms with Gasteiger partial charge in [-0.05, 0) is 50.2 Å². The standard InChI is InChI=1S/C20H32N4O/c1-16(24-12-10-18-6-3-4-7-19(18)24)14-23-20(21-2)22-11-5-13-25-15-17-8-9-17/h3-4,6-7,16-17H,5,8-15H2,1-2H3,(H2,21,22,23). The summed E-state index contributed by atoms with van der Waals surface area (Å²) in [4.78, 5) is 6.81. The summed E-state index contributed by atoms with van der Waals surface area (Å²) >= 11 is 0. The molecule has 0 amide bonds. The van der Waals surface area contributed by atoms with Crippen LogP contribution in [-0.2, 0) is 11.2 Å². The maximum Gasteiger partial charge on any atom is 0.191 e. The average molecular weight is 345 g/mol. The predicted molar refractivity (Wildman–Crippen MR) is 104 cm³/mol. The van der Waals surface area contributed by atoms with Gasteiger partial charge >= 0.3 is 0 Å². The summed E-state index contributed by atoms with van der Waals surface area (Å²) in [5.41, 5.74) is 2.84. The minimum absolute atomic E-state index is 0.434. The first-order valence-corrected chi connectivity index (χ1v) is 9.64. The van der Waals surface area contributed by atoms with Crippen LogP contribution in [0.3, 0.4) is 0 Å². The normalized spacial score (nSPS) is 18.2. The van der Waals surface area contributed by atoms with Gasteiger partial charge in [0.05, 0.1) is 0 Å². The lowest BCUT2D eigenvalue weighted by molar-refractivity contribution is 0.123. The zero-order valence-corrected chi connectivity index (χ0v) is 15.6. The Hall–Kier alpha value is -1.75. The third-order valence-electron chi connectivity index (χ3n) is 5.05. The fraction of sp³-hybridized carbons (Fsp3) is 0.650. The Morgan fingerprint density at radius 1 is 1.32 bits per heavy atom. The molecule has 1 aromatic carbocycles. The topological polar surface area (TPSA) is 48.9 Å². The SMILES string of the molecule is CN=C(NCCCOCC1CC1)NCC(C)N1CCc2ccccc21. The van der Waals surface area contributed by atoms with Crippen molar-refractivity contribution in [3.05, 3.63) is 29.8 Å². The van der Waals surface area contributed by atoms with Gasteiger partial charge in [-0.25, -0.2) is 0 Å². The van der Waals surface area contributed by atoms with Gasteiger partial charge in [-0.3, -0.25) is 4.99 Å². The van der Waals surface area contributed by atoms with Gasteiger partial charge in [-0.1, -0.05) is 18.2 Å². The first-order valence-electron chi connectivity index (χ1n) is 9.64. The maximum atomic E-state index is 5.67. The molecule has 0 bridgehead atoms. The summed E-state index contributed by atoms with van der Waals surface area (Å²) in [6, 6.07) is 9.16. The van der Waals surface area contributed by atoms with Crippen LogP contribution in [0.4, 0.5) is 5.69 Å². The molecule has 0 radical (unpaired) electrons. The van der Waals surface area contributed by atoms with Crippen molar-refractivity contribution in [3.8, 4) is 0 Å². The Labute approximate surface area is 151 Å². The molecule has 0 saturated heterocycles. The number of anilines is 1. The van der Waals surface area contributed by atoms with Crippen molar-refractivity contribution in [2.24, 2.45) is 10.9 Å². The maximum absolute atomic E-state index is 5.67. The molecule has 1 fully saturated rings. The number of nitrogens with one attached hydrogen (secondary N) is 2. The van der Waals surface area contributed by atoms with Gasteiger partial charge in [-0.15, -0.1) is 0 Å². The number of aliphatic imine (C=N–C) groups is 1. The third-order valence-corrected chi connectivity index (χ3v) is 5.05. The highest BCUT2D eigenvalue weighted by molar-refractivity contribution is 5.79. The molecule has 1 saturated carbocycles. The lowest BCUT2D eigenvalue weighted by Gasteiger charge is -2.28. The second-order valence-electron chi connectivity index (χ2n) is 7.17. The van der Waals surface area contributed by atoms with Gasteiger partial charge in [0.15, 0.2) is 5.96 Å². The van der Waals surface area contributed by atoms with Crippen LogP contribution in [0.2, 0.25) is 0 Å². The highest BCUT2D eigenvalue weighted by Crippen LogP contribution is 2.29. The molecular weight excluding hydrogens is 312 g/mol. The minimum Gasteiger partial charge on any atom is -0.381 e. The van der Waals surface area contributed by atoms with E-state index in [4.69, 9.17) is 4.74 Å². The largest absolute Gasteiger partial charge is 0.381 e. The summed E-state index contributed by atoms with van der Waals surface area (Å²) in [6.07, 6.45) is 4.87. The van der Waals surface area contributed by atoms with Crippen molar-refractivity contribution in [1.82, 2.24) is 10.6 Å². The molecule has 138 valence electrons. The van der Waals surface area contributed by atoms with Crippen molar-refractivity contribution in [2.75, 3.05) is 44.8 Å². The molecule has 2 aliphatic rings. The van der Waals surface area contributed by atoms with E-state index in [0.717, 1.165) is 57.6 Å². The number of hydrogen-bond acceptors (Lipinski definition) is 3. The number of fused-ring (bicyclic) bond motifs is 1. The summed E-state index contributed by atoms with van der Waals surface area (Å²) in [5.74, 6) is 1.72. The van der Waals surface area contributed by atoms with E-state index in [1.807, 2.05) is 7.05 Å². The van der Waals surface area contributed by atoms with Gasteiger partial charge in [-0.2, -0.15) is 0 Å². The van der Waals surface area contributed by atoms with E-state index in [9.17, 15) is 0 Å². The number of benzene rings is 1. The smallest absolute Gasteiger partial charge is 0.191 e. The molecule has 5 heteroatoms. The second-order valence-corrected chi connectivity index (χ2v) is 7.17. The van der Waals surface area contributed by atoms with Crippen LogP contribution in [0.5, 0.6) is 0 Å². The van der Waals surface area contributed by atoms with Crippen LogP contribution >= 0.6 is 0 Å². The van der Waals surface area contributed by atoms with Crippen molar-refractivity contribution in [2.45, 2.75) is 38.6 Å². The fourth-order valence-corrected chi connectivity index (χ4v) is 3.31. The Kier molecular flexibility index (Phi) is 6.56. The van der Waals surface area contributed by atoms with Crippen LogP contribution in [0.25, 0.3) is 0 Å². The number of guanidine groups is 1. The molecule has 25 heavy (non-hydrogen) atoms. The molecule has 1 unspecified atom stereocenters. The van der Waals surface area contributed by atoms with E-state index in [0.29, 0.717) is 6.04 Å². The van der Waals surface area contributed by atoms with Gasteiger partial charge in [0.2, 0.25) is 0 Å². The highest BCUT2D eigenvalue weighted by atomic mass is 16.5. The highest BCUT2D eigenvalue weighted by Gasteiger charge is 2.23. The Balaban J connectivity index is 1.33. The van der Waals surface area contributed by atoms with E-state index in [-0.39, 0.29) is 0 Å². The Morgan fingerprint density at radius 2 is 2.16 bits per heavy atom. The molecule has 2 N–H and O–H groups in total. The van der Waals surface area contributed by atoms with Gasteiger partial charge in [0, 0.05) is 51.6 Å². The van der Waals surface area contributed by atoms with E-state index >= 15 is 0 Å². The number of rotatable bonds is 9. The van der Waals surface area contributed by atoms with Crippen molar-refractivity contribution in [3.63, 3.8) is 0 Å². The van der Waals surface area contributed by atoms with Crippen LogP contribution in [-0.4, -0.2) is 51.9 Å². The molecule has 1 aromatic rings. The molecule has 1 atom stereocenters. The lowest BCUT2D eigenvalue weighted by Crippen LogP contribution is -2.46. The third kappa shape index (κ3) is 5.36. The van der Waals surface area contributed by atoms with Gasteiger partial charge in [0.1, 0.15) is 0 Å². The number of nitrogens with zero attached hydrogens (tertiary/aromatic N) is 2. The second kappa shape index (κ2) is 9.09. The lowest BCUT2D eigenvalue weighted by atomic mass is 10.2. The molecule has 3 rings (SSSR count). The average Bonchev–Trinajstić information content (AvgIpc) is 3.36. The molecule has 1 aliphatic heterocycles. The summed E-state index contributed by atoms with van der Waals surface area (Å²) in [6.45, 7) is 6.93. The minimum atomic E-state index is 0.434. The van der Waals surface area contributed by atoms with E-state index in [1.54, 1.807) is 0 Å². The van der Waals surface area contributed by atoms with Gasteiger partial charge in [0.25, 0.3) is 0 Å². The summed E-state index contributed by atoms with van der Waals surface area (Å²) < 4.78 is 5.67. The van der Waals surface area contributed by atoms with E-state index in [1.165, 1.54) is 24.1 Å². The predicted octanol–water partition coefficient (Wildman–Crippen LogP) is 2.42. The number of ether oxygens (including phenoxy) is 1. The summed E-state index contributed by atoms with van der Waals surface area (Å²) in [5, 5.41) is 6.83. The molecule has 5 nitrogen and oxygen atoms in total. The van der Waals surface area contributed by atoms with Crippen LogP contribution in [0, 0.1) is 5.92 Å². The first-order chi connectivity index (χ1) is 12.3. The first kappa shape index (κ1) is 18.1.